The number of para-hydroxylation sites is 1. The van der Waals surface area contributed by atoms with E-state index >= 15 is 0 Å². The first kappa shape index (κ1) is 19.7. The minimum Gasteiger partial charge on any atom is -0.364 e. The van der Waals surface area contributed by atoms with Gasteiger partial charge in [-0.3, -0.25) is 4.79 Å². The van der Waals surface area contributed by atoms with Crippen LogP contribution in [0.2, 0.25) is 0 Å². The fraction of sp³-hybridized carbons (Fsp3) is 0.318. The van der Waals surface area contributed by atoms with Crippen molar-refractivity contribution < 1.29 is 13.2 Å². The standard InChI is InChI=1S/C22H25N3O3S/c26-22(23-15-14-16-6-2-1-3-7-16)18-12-10-17(11-13-18)21-24-19-8-4-5-9-20(19)29(27,28)25-21/h4-6,8-13,21,24-25H,1-3,7,14-15H2,(H,23,26). The minimum absolute atomic E-state index is 0.115. The molecule has 7 heteroatoms. The molecule has 1 amide bonds. The molecule has 0 saturated heterocycles. The maximum Gasteiger partial charge on any atom is 0.251 e. The number of carbonyl (C=O) groups is 1. The predicted octanol–water partition coefficient (Wildman–Crippen LogP) is 3.71. The lowest BCUT2D eigenvalue weighted by molar-refractivity contribution is 0.0954. The minimum atomic E-state index is -3.59. The van der Waals surface area contributed by atoms with Gasteiger partial charge in [0.25, 0.3) is 5.91 Å². The third kappa shape index (κ3) is 4.52. The molecule has 3 N–H and O–H groups in total. The highest BCUT2D eigenvalue weighted by Crippen LogP contribution is 2.30. The van der Waals surface area contributed by atoms with E-state index in [1.54, 1.807) is 48.5 Å². The van der Waals surface area contributed by atoms with Gasteiger partial charge >= 0.3 is 0 Å². The number of anilines is 1. The molecular formula is C22H25N3O3S. The zero-order chi connectivity index (χ0) is 20.3. The lowest BCUT2D eigenvalue weighted by Crippen LogP contribution is -2.38. The summed E-state index contributed by atoms with van der Waals surface area (Å²) in [6, 6.07) is 13.8. The molecule has 1 aliphatic carbocycles. The van der Waals surface area contributed by atoms with E-state index in [0.717, 1.165) is 24.8 Å². The molecule has 0 radical (unpaired) electrons. The fourth-order valence-corrected chi connectivity index (χ4v) is 5.08. The number of hydrogen-bond acceptors (Lipinski definition) is 4. The summed E-state index contributed by atoms with van der Waals surface area (Å²) >= 11 is 0. The topological polar surface area (TPSA) is 87.3 Å². The van der Waals surface area contributed by atoms with Gasteiger partial charge in [-0.2, -0.15) is 4.72 Å². The van der Waals surface area contributed by atoms with Crippen molar-refractivity contribution in [3.8, 4) is 0 Å². The first-order valence-electron chi connectivity index (χ1n) is 9.97. The highest BCUT2D eigenvalue weighted by atomic mass is 32.2. The molecule has 0 bridgehead atoms. The lowest BCUT2D eigenvalue weighted by atomic mass is 9.97. The van der Waals surface area contributed by atoms with Crippen LogP contribution in [0.5, 0.6) is 0 Å². The number of allylic oxidation sites excluding steroid dienone is 1. The summed E-state index contributed by atoms with van der Waals surface area (Å²) < 4.78 is 27.6. The molecule has 1 aliphatic heterocycles. The maximum atomic E-state index is 12.5. The van der Waals surface area contributed by atoms with Crippen LogP contribution in [0.1, 0.15) is 54.2 Å². The van der Waals surface area contributed by atoms with Crippen molar-refractivity contribution in [2.24, 2.45) is 0 Å². The fourth-order valence-electron chi connectivity index (χ4n) is 3.77. The average molecular weight is 412 g/mol. The summed E-state index contributed by atoms with van der Waals surface area (Å²) in [5.74, 6) is -0.115. The molecule has 0 saturated carbocycles. The largest absolute Gasteiger partial charge is 0.364 e. The SMILES string of the molecule is O=C(NCCC1=CCCCC1)c1ccc(C2Nc3ccccc3S(=O)(=O)N2)cc1. The Hall–Kier alpha value is -2.64. The lowest BCUT2D eigenvalue weighted by Gasteiger charge is -2.28. The van der Waals surface area contributed by atoms with Gasteiger partial charge in [0.1, 0.15) is 11.1 Å². The Morgan fingerprint density at radius 1 is 1.07 bits per heavy atom. The molecule has 0 fully saturated rings. The van der Waals surface area contributed by atoms with Gasteiger partial charge < -0.3 is 10.6 Å². The van der Waals surface area contributed by atoms with E-state index in [1.807, 2.05) is 0 Å². The van der Waals surface area contributed by atoms with E-state index < -0.39 is 16.2 Å². The van der Waals surface area contributed by atoms with Crippen LogP contribution in [0.15, 0.2) is 65.1 Å². The molecule has 0 spiro atoms. The van der Waals surface area contributed by atoms with Gasteiger partial charge in [0.15, 0.2) is 0 Å². The molecule has 1 atom stereocenters. The number of benzene rings is 2. The Morgan fingerprint density at radius 2 is 1.86 bits per heavy atom. The third-order valence-corrected chi connectivity index (χ3v) is 6.85. The van der Waals surface area contributed by atoms with Crippen molar-refractivity contribution in [1.29, 1.82) is 0 Å². The molecular weight excluding hydrogens is 386 g/mol. The molecule has 29 heavy (non-hydrogen) atoms. The van der Waals surface area contributed by atoms with Gasteiger partial charge in [0, 0.05) is 12.1 Å². The summed E-state index contributed by atoms with van der Waals surface area (Å²) in [7, 11) is -3.59. The third-order valence-electron chi connectivity index (χ3n) is 5.37. The number of nitrogens with one attached hydrogen (secondary N) is 3. The summed E-state index contributed by atoms with van der Waals surface area (Å²) in [5.41, 5.74) is 3.30. The van der Waals surface area contributed by atoms with Crippen molar-refractivity contribution in [1.82, 2.24) is 10.0 Å². The molecule has 2 aliphatic rings. The van der Waals surface area contributed by atoms with Crippen LogP contribution in [0.3, 0.4) is 0 Å². The van der Waals surface area contributed by atoms with Crippen molar-refractivity contribution in [3.63, 3.8) is 0 Å². The van der Waals surface area contributed by atoms with Crippen molar-refractivity contribution >= 4 is 21.6 Å². The molecule has 152 valence electrons. The predicted molar refractivity (Wildman–Crippen MR) is 113 cm³/mol. The highest BCUT2D eigenvalue weighted by Gasteiger charge is 2.29. The van der Waals surface area contributed by atoms with Crippen LogP contribution in [-0.4, -0.2) is 20.9 Å². The van der Waals surface area contributed by atoms with Crippen LogP contribution in [0.4, 0.5) is 5.69 Å². The zero-order valence-corrected chi connectivity index (χ0v) is 17.0. The monoisotopic (exact) mass is 411 g/mol. The smallest absolute Gasteiger partial charge is 0.251 e. The highest BCUT2D eigenvalue weighted by molar-refractivity contribution is 7.89. The number of amides is 1. The molecule has 2 aromatic rings. The maximum absolute atomic E-state index is 12.5. The van der Waals surface area contributed by atoms with Crippen LogP contribution in [0.25, 0.3) is 0 Å². The van der Waals surface area contributed by atoms with E-state index in [9.17, 15) is 13.2 Å². The van der Waals surface area contributed by atoms with Crippen LogP contribution in [-0.2, 0) is 10.0 Å². The second-order valence-electron chi connectivity index (χ2n) is 7.43. The van der Waals surface area contributed by atoms with Crippen molar-refractivity contribution in [2.45, 2.75) is 43.2 Å². The summed E-state index contributed by atoms with van der Waals surface area (Å²) in [4.78, 5) is 12.6. The number of rotatable bonds is 5. The van der Waals surface area contributed by atoms with E-state index in [1.165, 1.54) is 18.4 Å². The van der Waals surface area contributed by atoms with Crippen molar-refractivity contribution in [3.05, 3.63) is 71.3 Å². The molecule has 6 nitrogen and oxygen atoms in total. The molecule has 2 aromatic carbocycles. The van der Waals surface area contributed by atoms with Gasteiger partial charge in [-0.1, -0.05) is 35.9 Å². The zero-order valence-electron chi connectivity index (χ0n) is 16.1. The Kier molecular flexibility index (Phi) is 5.69. The Morgan fingerprint density at radius 3 is 2.62 bits per heavy atom. The van der Waals surface area contributed by atoms with Gasteiger partial charge in [0.2, 0.25) is 10.0 Å². The van der Waals surface area contributed by atoms with E-state index in [-0.39, 0.29) is 10.8 Å². The summed E-state index contributed by atoms with van der Waals surface area (Å²) in [6.07, 6.45) is 7.40. The number of fused-ring (bicyclic) bond motifs is 1. The first-order valence-corrected chi connectivity index (χ1v) is 11.5. The molecule has 4 rings (SSSR count). The van der Waals surface area contributed by atoms with E-state index in [0.29, 0.717) is 17.8 Å². The summed E-state index contributed by atoms with van der Waals surface area (Å²) in [6.45, 7) is 0.632. The number of sulfonamides is 1. The Bertz CT molecular complexity index is 1030. The average Bonchev–Trinajstić information content (AvgIpc) is 2.74. The molecule has 0 aromatic heterocycles. The summed E-state index contributed by atoms with van der Waals surface area (Å²) in [5, 5.41) is 6.16. The van der Waals surface area contributed by atoms with Gasteiger partial charge in [-0.05, 0) is 61.9 Å². The second-order valence-corrected chi connectivity index (χ2v) is 9.11. The normalized spacial score (nSPS) is 20.1. The number of carbonyl (C=O) groups excluding carboxylic acids is 1. The second kappa shape index (κ2) is 8.39. The molecule has 1 unspecified atom stereocenters. The van der Waals surface area contributed by atoms with Crippen LogP contribution < -0.4 is 15.4 Å². The Balaban J connectivity index is 1.39. The molecule has 1 heterocycles. The Labute approximate surface area is 171 Å². The van der Waals surface area contributed by atoms with E-state index in [2.05, 4.69) is 21.4 Å². The quantitative estimate of drug-likeness (QED) is 0.655. The van der Waals surface area contributed by atoms with Crippen LogP contribution >= 0.6 is 0 Å². The van der Waals surface area contributed by atoms with Gasteiger partial charge in [0.05, 0.1) is 5.69 Å². The van der Waals surface area contributed by atoms with E-state index in [4.69, 9.17) is 0 Å². The van der Waals surface area contributed by atoms with Gasteiger partial charge in [-0.25, -0.2) is 8.42 Å². The first-order chi connectivity index (χ1) is 14.0. The van der Waals surface area contributed by atoms with Gasteiger partial charge in [-0.15, -0.1) is 0 Å². The number of hydrogen-bond donors (Lipinski definition) is 3. The van der Waals surface area contributed by atoms with Crippen LogP contribution in [0, 0.1) is 0 Å². The van der Waals surface area contributed by atoms with Crippen molar-refractivity contribution in [2.75, 3.05) is 11.9 Å².